The number of aryl methyl sites for hydroxylation is 1. The molecule has 0 amide bonds. The highest BCUT2D eigenvalue weighted by Gasteiger charge is 2.14. The summed E-state index contributed by atoms with van der Waals surface area (Å²) in [6, 6.07) is 7.64. The van der Waals surface area contributed by atoms with Gasteiger partial charge in [-0.1, -0.05) is 44.3 Å². The Morgan fingerprint density at radius 2 is 1.87 bits per heavy atom. The van der Waals surface area contributed by atoms with Gasteiger partial charge in [0.25, 0.3) is 0 Å². The van der Waals surface area contributed by atoms with Crippen LogP contribution in [0, 0.1) is 0 Å². The van der Waals surface area contributed by atoms with Crippen LogP contribution in [0.4, 0.5) is 0 Å². The van der Waals surface area contributed by atoms with E-state index in [0.29, 0.717) is 30.6 Å². The minimum atomic E-state index is -0.819. The second-order valence-electron chi connectivity index (χ2n) is 5.31. The van der Waals surface area contributed by atoms with Crippen molar-refractivity contribution in [3.8, 4) is 0 Å². The molecule has 0 radical (unpaired) electrons. The first-order valence-electron chi connectivity index (χ1n) is 7.52. The first-order chi connectivity index (χ1) is 10.9. The van der Waals surface area contributed by atoms with E-state index in [1.165, 1.54) is 0 Å². The number of aliphatic hydroxyl groups is 1. The highest BCUT2D eigenvalue weighted by molar-refractivity contribution is 5.67. The smallest absolute Gasteiger partial charge is 0.303 e. The SMILES string of the molecule is C=C(O)/C(Cc1cccc(CCC(=O)O)c1)=C(/OC)C(=C)CC. The van der Waals surface area contributed by atoms with Crippen LogP contribution in [-0.4, -0.2) is 23.3 Å². The van der Waals surface area contributed by atoms with Crippen LogP contribution in [0.25, 0.3) is 0 Å². The lowest BCUT2D eigenvalue weighted by Gasteiger charge is -2.15. The van der Waals surface area contributed by atoms with E-state index in [9.17, 15) is 9.90 Å². The van der Waals surface area contributed by atoms with Gasteiger partial charge in [0.2, 0.25) is 0 Å². The molecule has 1 aromatic carbocycles. The average molecular weight is 316 g/mol. The summed E-state index contributed by atoms with van der Waals surface area (Å²) < 4.78 is 5.39. The summed E-state index contributed by atoms with van der Waals surface area (Å²) in [5, 5.41) is 18.7. The minimum absolute atomic E-state index is 0.0487. The van der Waals surface area contributed by atoms with Crippen molar-refractivity contribution in [2.24, 2.45) is 0 Å². The number of rotatable bonds is 9. The van der Waals surface area contributed by atoms with E-state index in [2.05, 4.69) is 13.2 Å². The molecule has 124 valence electrons. The highest BCUT2D eigenvalue weighted by Crippen LogP contribution is 2.24. The van der Waals surface area contributed by atoms with Crippen molar-refractivity contribution >= 4 is 5.97 Å². The maximum atomic E-state index is 10.7. The summed E-state index contributed by atoms with van der Waals surface area (Å²) in [6.45, 7) is 9.54. The van der Waals surface area contributed by atoms with E-state index in [1.54, 1.807) is 7.11 Å². The Morgan fingerprint density at radius 1 is 1.22 bits per heavy atom. The zero-order valence-electron chi connectivity index (χ0n) is 13.8. The molecule has 4 heteroatoms. The zero-order valence-corrected chi connectivity index (χ0v) is 13.8. The van der Waals surface area contributed by atoms with Gasteiger partial charge in [0.15, 0.2) is 0 Å². The highest BCUT2D eigenvalue weighted by atomic mass is 16.5. The van der Waals surface area contributed by atoms with E-state index >= 15 is 0 Å². The number of aliphatic carboxylic acids is 1. The Kier molecular flexibility index (Phi) is 7.13. The van der Waals surface area contributed by atoms with Crippen molar-refractivity contribution in [3.05, 3.63) is 71.2 Å². The molecule has 0 heterocycles. The number of carbonyl (C=O) groups is 1. The number of carboxylic acid groups (broad SMARTS) is 1. The predicted molar refractivity (Wildman–Crippen MR) is 91.3 cm³/mol. The van der Waals surface area contributed by atoms with Gasteiger partial charge in [0.1, 0.15) is 11.5 Å². The number of allylic oxidation sites excluding steroid dienone is 2. The number of aliphatic hydroxyl groups excluding tert-OH is 1. The lowest BCUT2D eigenvalue weighted by molar-refractivity contribution is -0.136. The molecule has 0 saturated carbocycles. The third-order valence-electron chi connectivity index (χ3n) is 3.57. The number of ether oxygens (including phenoxy) is 1. The van der Waals surface area contributed by atoms with Gasteiger partial charge in [-0.05, 0) is 29.5 Å². The molecule has 2 N–H and O–H groups in total. The third kappa shape index (κ3) is 5.66. The summed E-state index contributed by atoms with van der Waals surface area (Å²) in [6.07, 6.45) is 1.72. The molecule has 1 rings (SSSR count). The van der Waals surface area contributed by atoms with E-state index < -0.39 is 5.97 Å². The Hall–Kier alpha value is -2.49. The molecule has 0 aliphatic heterocycles. The van der Waals surface area contributed by atoms with Crippen molar-refractivity contribution < 1.29 is 19.7 Å². The van der Waals surface area contributed by atoms with Crippen LogP contribution in [0.2, 0.25) is 0 Å². The molecule has 0 fully saturated rings. The standard InChI is InChI=1S/C19H24O4/c1-5-13(2)19(23-4)17(14(3)20)12-16-8-6-7-15(11-16)9-10-18(21)22/h6-8,11,20H,2-3,5,9-10,12H2,1,4H3,(H,21,22)/b19-17+. The van der Waals surface area contributed by atoms with E-state index in [-0.39, 0.29) is 12.2 Å². The van der Waals surface area contributed by atoms with Crippen molar-refractivity contribution in [1.82, 2.24) is 0 Å². The summed E-state index contributed by atoms with van der Waals surface area (Å²) >= 11 is 0. The molecule has 0 saturated heterocycles. The van der Waals surface area contributed by atoms with E-state index in [4.69, 9.17) is 9.84 Å². The van der Waals surface area contributed by atoms with Crippen LogP contribution in [-0.2, 0) is 22.4 Å². The summed E-state index contributed by atoms with van der Waals surface area (Å²) in [5.74, 6) is -0.316. The monoisotopic (exact) mass is 316 g/mol. The van der Waals surface area contributed by atoms with Gasteiger partial charge in [0.05, 0.1) is 7.11 Å². The van der Waals surface area contributed by atoms with Crippen molar-refractivity contribution in [2.45, 2.75) is 32.6 Å². The number of benzene rings is 1. The molecule has 0 aliphatic carbocycles. The molecule has 1 aromatic rings. The summed E-state index contributed by atoms with van der Waals surface area (Å²) in [5.41, 5.74) is 3.28. The average Bonchev–Trinajstić information content (AvgIpc) is 2.52. The van der Waals surface area contributed by atoms with Crippen LogP contribution in [0.5, 0.6) is 0 Å². The van der Waals surface area contributed by atoms with Crippen molar-refractivity contribution in [1.29, 1.82) is 0 Å². The van der Waals surface area contributed by atoms with Crippen LogP contribution < -0.4 is 0 Å². The molecular formula is C19H24O4. The Balaban J connectivity index is 3.08. The zero-order chi connectivity index (χ0) is 17.4. The summed E-state index contributed by atoms with van der Waals surface area (Å²) in [4.78, 5) is 10.7. The molecule has 0 aromatic heterocycles. The second kappa shape index (κ2) is 8.83. The maximum Gasteiger partial charge on any atom is 0.303 e. The first-order valence-corrected chi connectivity index (χ1v) is 7.52. The van der Waals surface area contributed by atoms with Gasteiger partial charge in [-0.25, -0.2) is 0 Å². The van der Waals surface area contributed by atoms with E-state index in [1.807, 2.05) is 31.2 Å². The van der Waals surface area contributed by atoms with Gasteiger partial charge < -0.3 is 14.9 Å². The van der Waals surface area contributed by atoms with Gasteiger partial charge >= 0.3 is 5.97 Å². The lowest BCUT2D eigenvalue weighted by Crippen LogP contribution is -2.04. The van der Waals surface area contributed by atoms with Crippen LogP contribution in [0.3, 0.4) is 0 Å². The minimum Gasteiger partial charge on any atom is -0.508 e. The van der Waals surface area contributed by atoms with E-state index in [0.717, 1.165) is 16.7 Å². The fraction of sp³-hybridized carbons (Fsp3) is 0.316. The van der Waals surface area contributed by atoms with Gasteiger partial charge in [-0.2, -0.15) is 0 Å². The number of carboxylic acids is 1. The molecule has 0 atom stereocenters. The van der Waals surface area contributed by atoms with Crippen LogP contribution in [0.1, 0.15) is 30.9 Å². The molecular weight excluding hydrogens is 292 g/mol. The molecule has 4 nitrogen and oxygen atoms in total. The van der Waals surface area contributed by atoms with Crippen molar-refractivity contribution in [3.63, 3.8) is 0 Å². The molecule has 0 aliphatic rings. The van der Waals surface area contributed by atoms with Crippen molar-refractivity contribution in [2.75, 3.05) is 7.11 Å². The molecule has 0 spiro atoms. The molecule has 0 unspecified atom stereocenters. The maximum absolute atomic E-state index is 10.7. The fourth-order valence-electron chi connectivity index (χ4n) is 2.31. The lowest BCUT2D eigenvalue weighted by atomic mass is 9.97. The van der Waals surface area contributed by atoms with Gasteiger partial charge in [-0.15, -0.1) is 0 Å². The number of methoxy groups -OCH3 is 1. The Labute approximate surface area is 137 Å². The number of hydrogen-bond acceptors (Lipinski definition) is 3. The molecule has 0 bridgehead atoms. The van der Waals surface area contributed by atoms with Gasteiger partial charge in [-0.3, -0.25) is 4.79 Å². The van der Waals surface area contributed by atoms with Crippen LogP contribution >= 0.6 is 0 Å². The first kappa shape index (κ1) is 18.6. The summed E-state index contributed by atoms with van der Waals surface area (Å²) in [7, 11) is 1.54. The third-order valence-corrected chi connectivity index (χ3v) is 3.57. The van der Waals surface area contributed by atoms with Crippen LogP contribution in [0.15, 0.2) is 60.1 Å². The number of hydrogen-bond donors (Lipinski definition) is 2. The van der Waals surface area contributed by atoms with Gasteiger partial charge in [0, 0.05) is 18.4 Å². The predicted octanol–water partition coefficient (Wildman–Crippen LogP) is 4.18. The Morgan fingerprint density at radius 3 is 2.39 bits per heavy atom. The fourth-order valence-corrected chi connectivity index (χ4v) is 2.31. The largest absolute Gasteiger partial charge is 0.508 e. The second-order valence-corrected chi connectivity index (χ2v) is 5.31. The molecule has 23 heavy (non-hydrogen) atoms. The Bertz CT molecular complexity index is 626. The quantitative estimate of drug-likeness (QED) is 0.529. The normalized spacial score (nSPS) is 11.6. The topological polar surface area (TPSA) is 66.8 Å².